The van der Waals surface area contributed by atoms with E-state index in [1.165, 1.54) is 6.33 Å². The second kappa shape index (κ2) is 5.55. The highest BCUT2D eigenvalue weighted by molar-refractivity contribution is 5.82. The van der Waals surface area contributed by atoms with Crippen molar-refractivity contribution in [2.75, 3.05) is 5.32 Å². The molecule has 1 saturated carbocycles. The van der Waals surface area contributed by atoms with Gasteiger partial charge in [-0.1, -0.05) is 13.8 Å². The SMILES string of the molecule is CCc1cc(NC2(C(=O)O)CCC(C)CC2)ncn1. The Balaban J connectivity index is 2.19. The van der Waals surface area contributed by atoms with Gasteiger partial charge in [0, 0.05) is 11.8 Å². The van der Waals surface area contributed by atoms with Gasteiger partial charge in [0.15, 0.2) is 0 Å². The molecule has 2 rings (SSSR count). The van der Waals surface area contributed by atoms with Crippen LogP contribution in [0.25, 0.3) is 0 Å². The van der Waals surface area contributed by atoms with Crippen LogP contribution in [-0.2, 0) is 11.2 Å². The highest BCUT2D eigenvalue weighted by atomic mass is 16.4. The molecule has 19 heavy (non-hydrogen) atoms. The monoisotopic (exact) mass is 263 g/mol. The summed E-state index contributed by atoms with van der Waals surface area (Å²) in [6, 6.07) is 1.84. The van der Waals surface area contributed by atoms with Gasteiger partial charge in [-0.2, -0.15) is 0 Å². The van der Waals surface area contributed by atoms with Crippen LogP contribution in [0.5, 0.6) is 0 Å². The fraction of sp³-hybridized carbons (Fsp3) is 0.643. The van der Waals surface area contributed by atoms with Crippen LogP contribution in [-0.4, -0.2) is 26.6 Å². The Bertz CT molecular complexity index is 454. The van der Waals surface area contributed by atoms with E-state index in [9.17, 15) is 9.90 Å². The lowest BCUT2D eigenvalue weighted by Gasteiger charge is -2.36. The first-order valence-corrected chi connectivity index (χ1v) is 6.88. The summed E-state index contributed by atoms with van der Waals surface area (Å²) in [5.41, 5.74) is 0.0495. The quantitative estimate of drug-likeness (QED) is 0.873. The van der Waals surface area contributed by atoms with Gasteiger partial charge >= 0.3 is 5.97 Å². The predicted molar refractivity (Wildman–Crippen MR) is 73.0 cm³/mol. The number of carboxylic acids is 1. The lowest BCUT2D eigenvalue weighted by atomic mass is 9.77. The van der Waals surface area contributed by atoms with Crippen LogP contribution in [0.4, 0.5) is 5.82 Å². The third-order valence-electron chi connectivity index (χ3n) is 3.99. The van der Waals surface area contributed by atoms with Gasteiger partial charge in [-0.15, -0.1) is 0 Å². The van der Waals surface area contributed by atoms with Crippen LogP contribution in [0.1, 0.15) is 45.2 Å². The van der Waals surface area contributed by atoms with E-state index >= 15 is 0 Å². The van der Waals surface area contributed by atoms with Crippen LogP contribution < -0.4 is 5.32 Å². The minimum Gasteiger partial charge on any atom is -0.480 e. The standard InChI is InChI=1S/C14H21N3O2/c1-3-11-8-12(16-9-15-11)17-14(13(18)19)6-4-10(2)5-7-14/h8-10H,3-7H2,1-2H3,(H,18,19)(H,15,16,17). The number of carbonyl (C=O) groups is 1. The van der Waals surface area contributed by atoms with E-state index in [1.807, 2.05) is 13.0 Å². The number of aromatic nitrogens is 2. The normalized spacial score (nSPS) is 26.9. The van der Waals surface area contributed by atoms with Gasteiger partial charge in [0.05, 0.1) is 0 Å². The number of nitrogens with one attached hydrogen (secondary N) is 1. The molecule has 5 heteroatoms. The van der Waals surface area contributed by atoms with Crippen LogP contribution in [0.15, 0.2) is 12.4 Å². The van der Waals surface area contributed by atoms with Crippen molar-refractivity contribution < 1.29 is 9.90 Å². The summed E-state index contributed by atoms with van der Waals surface area (Å²) in [7, 11) is 0. The Hall–Kier alpha value is -1.65. The van der Waals surface area contributed by atoms with E-state index in [0.717, 1.165) is 25.0 Å². The summed E-state index contributed by atoms with van der Waals surface area (Å²) in [4.78, 5) is 19.9. The summed E-state index contributed by atoms with van der Waals surface area (Å²) in [6.07, 6.45) is 5.47. The van der Waals surface area contributed by atoms with Crippen LogP contribution in [0.3, 0.4) is 0 Å². The smallest absolute Gasteiger partial charge is 0.329 e. The number of anilines is 1. The average molecular weight is 263 g/mol. The van der Waals surface area contributed by atoms with Crippen molar-refractivity contribution in [2.24, 2.45) is 5.92 Å². The molecular weight excluding hydrogens is 242 g/mol. The van der Waals surface area contributed by atoms with Gasteiger partial charge in [0.1, 0.15) is 17.7 Å². The molecule has 5 nitrogen and oxygen atoms in total. The maximum Gasteiger partial charge on any atom is 0.329 e. The lowest BCUT2D eigenvalue weighted by molar-refractivity contribution is -0.143. The maximum absolute atomic E-state index is 11.6. The summed E-state index contributed by atoms with van der Waals surface area (Å²) in [5, 5.41) is 12.7. The second-order valence-electron chi connectivity index (χ2n) is 5.44. The van der Waals surface area contributed by atoms with Gasteiger partial charge in [-0.25, -0.2) is 14.8 Å². The molecule has 0 spiro atoms. The van der Waals surface area contributed by atoms with Crippen LogP contribution >= 0.6 is 0 Å². The average Bonchev–Trinajstić information content (AvgIpc) is 2.41. The van der Waals surface area contributed by atoms with Crippen molar-refractivity contribution in [3.05, 3.63) is 18.1 Å². The Kier molecular flexibility index (Phi) is 4.02. The molecule has 2 N–H and O–H groups in total. The molecule has 0 amide bonds. The van der Waals surface area contributed by atoms with E-state index < -0.39 is 11.5 Å². The predicted octanol–water partition coefficient (Wildman–Crippen LogP) is 2.48. The number of hydrogen-bond acceptors (Lipinski definition) is 4. The van der Waals surface area contributed by atoms with Crippen molar-refractivity contribution in [3.8, 4) is 0 Å². The summed E-state index contributed by atoms with van der Waals surface area (Å²) in [5.74, 6) is 0.436. The molecule has 0 atom stereocenters. The molecular formula is C14H21N3O2. The minimum absolute atomic E-state index is 0.603. The fourth-order valence-corrected chi connectivity index (χ4v) is 2.55. The topological polar surface area (TPSA) is 75.1 Å². The highest BCUT2D eigenvalue weighted by Gasteiger charge is 2.41. The first-order chi connectivity index (χ1) is 9.05. The van der Waals surface area contributed by atoms with E-state index in [4.69, 9.17) is 0 Å². The maximum atomic E-state index is 11.6. The van der Waals surface area contributed by atoms with Gasteiger partial charge in [-0.05, 0) is 38.0 Å². The number of nitrogens with zero attached hydrogens (tertiary/aromatic N) is 2. The molecule has 1 heterocycles. The van der Waals surface area contributed by atoms with E-state index in [2.05, 4.69) is 22.2 Å². The number of carboxylic acid groups (broad SMARTS) is 1. The van der Waals surface area contributed by atoms with Gasteiger partial charge in [0.2, 0.25) is 0 Å². The Morgan fingerprint density at radius 2 is 2.16 bits per heavy atom. The molecule has 0 aliphatic heterocycles. The summed E-state index contributed by atoms with van der Waals surface area (Å²) in [6.45, 7) is 4.19. The molecule has 0 unspecified atom stereocenters. The van der Waals surface area contributed by atoms with Crippen molar-refractivity contribution >= 4 is 11.8 Å². The molecule has 1 aliphatic rings. The number of rotatable bonds is 4. The van der Waals surface area contributed by atoms with Crippen LogP contribution in [0.2, 0.25) is 0 Å². The largest absolute Gasteiger partial charge is 0.480 e. The van der Waals surface area contributed by atoms with Crippen molar-refractivity contribution in [1.82, 2.24) is 9.97 Å². The number of hydrogen-bond donors (Lipinski definition) is 2. The molecule has 1 fully saturated rings. The Labute approximate surface area is 113 Å². The van der Waals surface area contributed by atoms with Gasteiger partial charge < -0.3 is 10.4 Å². The molecule has 0 radical (unpaired) electrons. The molecule has 104 valence electrons. The molecule has 0 saturated heterocycles. The zero-order valence-corrected chi connectivity index (χ0v) is 11.5. The third kappa shape index (κ3) is 3.03. The zero-order chi connectivity index (χ0) is 13.9. The zero-order valence-electron chi connectivity index (χ0n) is 11.5. The second-order valence-corrected chi connectivity index (χ2v) is 5.44. The van der Waals surface area contributed by atoms with Gasteiger partial charge in [0.25, 0.3) is 0 Å². The van der Waals surface area contributed by atoms with Crippen molar-refractivity contribution in [2.45, 2.75) is 51.5 Å². The Morgan fingerprint density at radius 1 is 1.47 bits per heavy atom. The molecule has 1 aromatic rings. The van der Waals surface area contributed by atoms with E-state index in [0.29, 0.717) is 24.6 Å². The Morgan fingerprint density at radius 3 is 2.74 bits per heavy atom. The van der Waals surface area contributed by atoms with E-state index in [1.54, 1.807) is 0 Å². The molecule has 1 aliphatic carbocycles. The fourth-order valence-electron chi connectivity index (χ4n) is 2.55. The number of aryl methyl sites for hydroxylation is 1. The first-order valence-electron chi connectivity index (χ1n) is 6.88. The van der Waals surface area contributed by atoms with E-state index in [-0.39, 0.29) is 0 Å². The van der Waals surface area contributed by atoms with Crippen molar-refractivity contribution in [1.29, 1.82) is 0 Å². The third-order valence-corrected chi connectivity index (χ3v) is 3.99. The van der Waals surface area contributed by atoms with Gasteiger partial charge in [-0.3, -0.25) is 0 Å². The molecule has 1 aromatic heterocycles. The van der Waals surface area contributed by atoms with Crippen molar-refractivity contribution in [3.63, 3.8) is 0 Å². The van der Waals surface area contributed by atoms with Crippen LogP contribution in [0, 0.1) is 5.92 Å². The summed E-state index contributed by atoms with van der Waals surface area (Å²) >= 11 is 0. The summed E-state index contributed by atoms with van der Waals surface area (Å²) < 4.78 is 0. The highest BCUT2D eigenvalue weighted by Crippen LogP contribution is 2.34. The molecule has 0 bridgehead atoms. The number of aliphatic carboxylic acids is 1. The minimum atomic E-state index is -0.869. The lowest BCUT2D eigenvalue weighted by Crippen LogP contribution is -2.49. The first kappa shape index (κ1) is 13.8. The molecule has 0 aromatic carbocycles.